The van der Waals surface area contributed by atoms with Gasteiger partial charge in [0.15, 0.2) is 0 Å². The summed E-state index contributed by atoms with van der Waals surface area (Å²) >= 11 is 7.34. The Morgan fingerprint density at radius 1 is 1.43 bits per heavy atom. The van der Waals surface area contributed by atoms with Gasteiger partial charge in [-0.3, -0.25) is 4.79 Å². The molecule has 0 aliphatic heterocycles. The molecule has 0 bridgehead atoms. The summed E-state index contributed by atoms with van der Waals surface area (Å²) in [5.74, 6) is -0.817. The molecule has 0 saturated carbocycles. The van der Waals surface area contributed by atoms with Crippen LogP contribution in [0.4, 0.5) is 5.69 Å². The fraction of sp³-hybridized carbons (Fsp3) is 0.286. The summed E-state index contributed by atoms with van der Waals surface area (Å²) in [6, 6.07) is 0. The second-order valence-electron chi connectivity index (χ2n) is 4.44. The molecular formula is C14H15ClN2O3S. The lowest BCUT2D eigenvalue weighted by Crippen LogP contribution is -2.14. The molecular weight excluding hydrogens is 312 g/mol. The van der Waals surface area contributed by atoms with Crippen LogP contribution >= 0.6 is 22.9 Å². The van der Waals surface area contributed by atoms with Gasteiger partial charge in [-0.15, -0.1) is 11.3 Å². The molecule has 2 N–H and O–H groups in total. The van der Waals surface area contributed by atoms with Crippen molar-refractivity contribution >= 4 is 40.5 Å². The zero-order valence-electron chi connectivity index (χ0n) is 11.9. The van der Waals surface area contributed by atoms with Crippen molar-refractivity contribution in [3.63, 3.8) is 0 Å². The van der Waals surface area contributed by atoms with E-state index in [1.165, 1.54) is 11.3 Å². The number of aromatic nitrogens is 1. The maximum absolute atomic E-state index is 12.2. The van der Waals surface area contributed by atoms with Crippen molar-refractivity contribution in [2.45, 2.75) is 20.8 Å². The van der Waals surface area contributed by atoms with E-state index in [1.807, 2.05) is 12.3 Å². The van der Waals surface area contributed by atoms with Gasteiger partial charge >= 0.3 is 5.97 Å². The van der Waals surface area contributed by atoms with E-state index in [-0.39, 0.29) is 12.5 Å². The first-order valence-corrected chi connectivity index (χ1v) is 7.61. The minimum Gasteiger partial charge on any atom is -0.462 e. The normalized spacial score (nSPS) is 10.5. The molecule has 21 heavy (non-hydrogen) atoms. The highest BCUT2D eigenvalue weighted by molar-refractivity contribution is 7.13. The molecule has 5 nitrogen and oxygen atoms in total. The zero-order chi connectivity index (χ0) is 15.6. The van der Waals surface area contributed by atoms with Crippen LogP contribution in [0.15, 0.2) is 11.6 Å². The predicted molar refractivity (Wildman–Crippen MR) is 83.5 cm³/mol. The van der Waals surface area contributed by atoms with Crippen LogP contribution in [0.25, 0.3) is 0 Å². The molecule has 2 rings (SSSR count). The second kappa shape index (κ2) is 6.32. The van der Waals surface area contributed by atoms with E-state index in [1.54, 1.807) is 20.0 Å². The van der Waals surface area contributed by atoms with Crippen LogP contribution in [0.5, 0.6) is 0 Å². The second-order valence-corrected chi connectivity index (χ2v) is 5.70. The first-order valence-electron chi connectivity index (χ1n) is 6.35. The number of H-pyrrole nitrogens is 1. The van der Waals surface area contributed by atoms with Crippen molar-refractivity contribution in [3.05, 3.63) is 38.3 Å². The first-order chi connectivity index (χ1) is 9.95. The van der Waals surface area contributed by atoms with Gasteiger partial charge in [0.25, 0.3) is 5.91 Å². The van der Waals surface area contributed by atoms with Crippen molar-refractivity contribution in [3.8, 4) is 0 Å². The zero-order valence-corrected chi connectivity index (χ0v) is 13.4. The molecule has 7 heteroatoms. The number of ether oxygens (including phenoxy) is 1. The van der Waals surface area contributed by atoms with Gasteiger partial charge in [0, 0.05) is 11.9 Å². The van der Waals surface area contributed by atoms with Gasteiger partial charge in [0.05, 0.1) is 17.3 Å². The van der Waals surface area contributed by atoms with Crippen LogP contribution in [-0.4, -0.2) is 23.5 Å². The predicted octanol–water partition coefficient (Wildman–Crippen LogP) is 3.78. The molecule has 2 aromatic rings. The highest BCUT2D eigenvalue weighted by Crippen LogP contribution is 2.29. The fourth-order valence-corrected chi connectivity index (χ4v) is 3.03. The summed E-state index contributed by atoms with van der Waals surface area (Å²) in [5, 5.41) is 4.94. The lowest BCUT2D eigenvalue weighted by Gasteiger charge is -2.06. The van der Waals surface area contributed by atoms with Crippen LogP contribution in [0.1, 0.15) is 38.2 Å². The third kappa shape index (κ3) is 3.11. The number of aryl methyl sites for hydroxylation is 2. The molecule has 0 aliphatic rings. The number of esters is 1. The summed E-state index contributed by atoms with van der Waals surface area (Å²) in [5.41, 5.74) is 2.20. The Kier molecular flexibility index (Phi) is 4.69. The number of hydrogen-bond donors (Lipinski definition) is 2. The maximum Gasteiger partial charge on any atom is 0.342 e. The summed E-state index contributed by atoms with van der Waals surface area (Å²) in [4.78, 5) is 27.5. The molecule has 0 fully saturated rings. The standard InChI is InChI=1S/C14H15ClN2O3S/c1-4-20-14(19)10-8(3)16-5-9(10)17-13(18)12-11(15)7(2)6-21-12/h5-6,16H,4H2,1-3H3,(H,17,18). The lowest BCUT2D eigenvalue weighted by molar-refractivity contribution is 0.0527. The highest BCUT2D eigenvalue weighted by Gasteiger charge is 2.21. The van der Waals surface area contributed by atoms with E-state index in [2.05, 4.69) is 10.3 Å². The summed E-state index contributed by atoms with van der Waals surface area (Å²) in [6.07, 6.45) is 1.56. The van der Waals surface area contributed by atoms with Gasteiger partial charge < -0.3 is 15.0 Å². The maximum atomic E-state index is 12.2. The molecule has 0 aliphatic carbocycles. The molecule has 2 aromatic heterocycles. The minimum atomic E-state index is -0.472. The van der Waals surface area contributed by atoms with Crippen molar-refractivity contribution in [1.29, 1.82) is 0 Å². The Morgan fingerprint density at radius 3 is 2.71 bits per heavy atom. The van der Waals surface area contributed by atoms with E-state index in [0.29, 0.717) is 26.8 Å². The summed E-state index contributed by atoms with van der Waals surface area (Å²) in [7, 11) is 0. The number of nitrogens with one attached hydrogen (secondary N) is 2. The number of anilines is 1. The van der Waals surface area contributed by atoms with Crippen molar-refractivity contribution in [2.75, 3.05) is 11.9 Å². The Labute approximate surface area is 131 Å². The summed E-state index contributed by atoms with van der Waals surface area (Å²) in [6.45, 7) is 5.57. The van der Waals surface area contributed by atoms with Gasteiger partial charge in [0.1, 0.15) is 10.4 Å². The van der Waals surface area contributed by atoms with Gasteiger partial charge in [-0.1, -0.05) is 11.6 Å². The third-order valence-corrected chi connectivity index (χ3v) is 4.61. The van der Waals surface area contributed by atoms with Crippen LogP contribution in [0.3, 0.4) is 0 Å². The van der Waals surface area contributed by atoms with Crippen molar-refractivity contribution < 1.29 is 14.3 Å². The monoisotopic (exact) mass is 326 g/mol. The van der Waals surface area contributed by atoms with Gasteiger partial charge in [-0.2, -0.15) is 0 Å². The third-order valence-electron chi connectivity index (χ3n) is 2.91. The van der Waals surface area contributed by atoms with Crippen molar-refractivity contribution in [1.82, 2.24) is 4.98 Å². The number of halogens is 1. The van der Waals surface area contributed by atoms with Gasteiger partial charge in [-0.25, -0.2) is 4.79 Å². The molecule has 1 amide bonds. The van der Waals surface area contributed by atoms with Crippen LogP contribution < -0.4 is 5.32 Å². The first kappa shape index (κ1) is 15.6. The van der Waals surface area contributed by atoms with E-state index in [9.17, 15) is 9.59 Å². The molecule has 112 valence electrons. The van der Waals surface area contributed by atoms with Gasteiger partial charge in [-0.05, 0) is 31.7 Å². The Balaban J connectivity index is 2.26. The molecule has 0 unspecified atom stereocenters. The van der Waals surface area contributed by atoms with Crippen molar-refractivity contribution in [2.24, 2.45) is 0 Å². The number of hydrogen-bond acceptors (Lipinski definition) is 4. The molecule has 0 aromatic carbocycles. The molecule has 0 spiro atoms. The summed E-state index contributed by atoms with van der Waals surface area (Å²) < 4.78 is 4.99. The number of carbonyl (C=O) groups is 2. The molecule has 0 saturated heterocycles. The van der Waals surface area contributed by atoms with Crippen LogP contribution in [0, 0.1) is 13.8 Å². The Morgan fingerprint density at radius 2 is 2.14 bits per heavy atom. The number of carbonyl (C=O) groups excluding carboxylic acids is 2. The van der Waals surface area contributed by atoms with E-state index >= 15 is 0 Å². The smallest absolute Gasteiger partial charge is 0.342 e. The van der Waals surface area contributed by atoms with Crippen LogP contribution in [-0.2, 0) is 4.74 Å². The molecule has 0 atom stereocenters. The highest BCUT2D eigenvalue weighted by atomic mass is 35.5. The topological polar surface area (TPSA) is 71.2 Å². The average Bonchev–Trinajstić information content (AvgIpc) is 2.95. The number of rotatable bonds is 4. The lowest BCUT2D eigenvalue weighted by atomic mass is 10.2. The number of amides is 1. The Bertz CT molecular complexity index is 690. The average molecular weight is 327 g/mol. The Hall–Kier alpha value is -1.79. The van der Waals surface area contributed by atoms with E-state index < -0.39 is 5.97 Å². The number of thiophene rings is 1. The SMILES string of the molecule is CCOC(=O)c1c(NC(=O)c2scc(C)c2Cl)c[nH]c1C. The number of aromatic amines is 1. The molecule has 0 radical (unpaired) electrons. The minimum absolute atomic E-state index is 0.271. The largest absolute Gasteiger partial charge is 0.462 e. The van der Waals surface area contributed by atoms with Crippen LogP contribution in [0.2, 0.25) is 5.02 Å². The molecule has 2 heterocycles. The van der Waals surface area contributed by atoms with E-state index in [0.717, 1.165) is 5.56 Å². The fourth-order valence-electron chi connectivity index (χ4n) is 1.85. The van der Waals surface area contributed by atoms with Gasteiger partial charge in [0.2, 0.25) is 0 Å². The quantitative estimate of drug-likeness (QED) is 0.840. The van der Waals surface area contributed by atoms with E-state index in [4.69, 9.17) is 16.3 Å².